The number of rotatable bonds is 48. The van der Waals surface area contributed by atoms with E-state index in [2.05, 4.69) is 38.2 Å². The van der Waals surface area contributed by atoms with Crippen LogP contribution < -0.4 is 0 Å². The number of allylic oxidation sites excluding steroid dienone is 4. The van der Waals surface area contributed by atoms with Crippen LogP contribution in [0.5, 0.6) is 0 Å². The minimum absolute atomic E-state index is 0.177. The lowest BCUT2D eigenvalue weighted by molar-refractivity contribution is -0.870. The Balaban J connectivity index is 4.06. The van der Waals surface area contributed by atoms with Crippen molar-refractivity contribution < 1.29 is 42.9 Å². The third kappa shape index (κ3) is 45.8. The Labute approximate surface area is 382 Å². The molecule has 0 rings (SSSR count). The van der Waals surface area contributed by atoms with Crippen molar-refractivity contribution in [3.8, 4) is 0 Å². The monoisotopic (exact) mass is 879 g/mol. The van der Waals surface area contributed by atoms with Crippen molar-refractivity contribution >= 4 is 17.9 Å². The fourth-order valence-corrected chi connectivity index (χ4v) is 7.40. The number of esters is 2. The van der Waals surface area contributed by atoms with Crippen LogP contribution >= 0.6 is 0 Å². The lowest BCUT2D eigenvalue weighted by Crippen LogP contribution is -2.40. The van der Waals surface area contributed by atoms with Gasteiger partial charge in [-0.1, -0.05) is 205 Å². The molecular weight excluding hydrogens is 779 g/mol. The van der Waals surface area contributed by atoms with Crippen LogP contribution in [0.15, 0.2) is 24.3 Å². The largest absolute Gasteiger partial charge is 0.477 e. The third-order valence-corrected chi connectivity index (χ3v) is 11.5. The van der Waals surface area contributed by atoms with Gasteiger partial charge in [0.15, 0.2) is 6.10 Å². The van der Waals surface area contributed by atoms with Gasteiger partial charge >= 0.3 is 17.9 Å². The van der Waals surface area contributed by atoms with Gasteiger partial charge in [0.1, 0.15) is 13.2 Å². The summed E-state index contributed by atoms with van der Waals surface area (Å²) in [6, 6.07) is 0. The summed E-state index contributed by atoms with van der Waals surface area (Å²) in [6.07, 6.45) is 48.5. The first kappa shape index (κ1) is 59.8. The molecule has 2 unspecified atom stereocenters. The molecule has 0 aliphatic carbocycles. The molecule has 0 aliphatic heterocycles. The van der Waals surface area contributed by atoms with Crippen LogP contribution in [-0.4, -0.2) is 87.4 Å². The summed E-state index contributed by atoms with van der Waals surface area (Å²) in [7, 11) is 5.96. The van der Waals surface area contributed by atoms with Crippen molar-refractivity contribution in [3.63, 3.8) is 0 Å². The van der Waals surface area contributed by atoms with E-state index in [1.807, 2.05) is 21.1 Å². The molecule has 0 bridgehead atoms. The zero-order chi connectivity index (χ0) is 45.6. The summed E-state index contributed by atoms with van der Waals surface area (Å²) in [5.74, 6) is -2.00. The summed E-state index contributed by atoms with van der Waals surface area (Å²) in [6.45, 7) is 4.85. The Bertz CT molecular complexity index is 1070. The lowest BCUT2D eigenvalue weighted by atomic mass is 10.0. The first-order valence-corrected chi connectivity index (χ1v) is 26.0. The second-order valence-electron chi connectivity index (χ2n) is 18.8. The third-order valence-electron chi connectivity index (χ3n) is 11.5. The number of carboxylic acid groups (broad SMARTS) is 1. The van der Waals surface area contributed by atoms with E-state index in [9.17, 15) is 19.5 Å². The smallest absolute Gasteiger partial charge is 0.361 e. The predicted molar refractivity (Wildman–Crippen MR) is 258 cm³/mol. The van der Waals surface area contributed by atoms with E-state index < -0.39 is 24.3 Å². The summed E-state index contributed by atoms with van der Waals surface area (Å²) in [5, 5.41) is 9.63. The van der Waals surface area contributed by atoms with Gasteiger partial charge < -0.3 is 28.5 Å². The molecule has 0 aliphatic rings. The molecule has 9 heteroatoms. The van der Waals surface area contributed by atoms with Gasteiger partial charge in [0.05, 0.1) is 34.4 Å². The van der Waals surface area contributed by atoms with Crippen LogP contribution in [-0.2, 0) is 33.3 Å². The first-order chi connectivity index (χ1) is 30.1. The highest BCUT2D eigenvalue weighted by molar-refractivity contribution is 5.71. The standard InChI is InChI=1S/C53H99NO8/c1-6-8-10-12-14-16-17-18-19-20-21-22-23-24-25-26-27-28-29-30-31-32-33-34-35-36-38-40-42-44-51(56)62-49(48-61-53(52(57)58)59-46-45-54(3,4)5)47-60-50(55)43-41-39-37-15-13-11-9-7-2/h17-18,20-21,49,53H,6-16,19,22-48H2,1-5H3/p+1/b18-17-,21-20-. The number of hydrogen-bond donors (Lipinski definition) is 1. The molecule has 0 aromatic heterocycles. The number of ether oxygens (including phenoxy) is 4. The summed E-state index contributed by atoms with van der Waals surface area (Å²) in [4.78, 5) is 37.0. The number of nitrogens with zero attached hydrogens (tertiary/aromatic N) is 1. The van der Waals surface area contributed by atoms with Crippen molar-refractivity contribution in [3.05, 3.63) is 24.3 Å². The molecule has 62 heavy (non-hydrogen) atoms. The Morgan fingerprint density at radius 3 is 1.27 bits per heavy atom. The van der Waals surface area contributed by atoms with Gasteiger partial charge in [-0.05, 0) is 44.9 Å². The highest BCUT2D eigenvalue weighted by atomic mass is 16.7. The fourth-order valence-electron chi connectivity index (χ4n) is 7.40. The van der Waals surface area contributed by atoms with Crippen molar-refractivity contribution in [1.29, 1.82) is 0 Å². The van der Waals surface area contributed by atoms with E-state index in [1.54, 1.807) is 0 Å². The normalized spacial score (nSPS) is 13.0. The van der Waals surface area contributed by atoms with Crippen molar-refractivity contribution in [2.45, 2.75) is 251 Å². The molecule has 9 nitrogen and oxygen atoms in total. The molecule has 364 valence electrons. The van der Waals surface area contributed by atoms with Crippen LogP contribution in [0.2, 0.25) is 0 Å². The van der Waals surface area contributed by atoms with Gasteiger partial charge in [-0.25, -0.2) is 4.79 Å². The minimum Gasteiger partial charge on any atom is -0.477 e. The molecule has 0 amide bonds. The molecule has 0 aromatic rings. The maximum atomic E-state index is 12.8. The van der Waals surface area contributed by atoms with Crippen LogP contribution in [0.25, 0.3) is 0 Å². The summed E-state index contributed by atoms with van der Waals surface area (Å²) in [5.41, 5.74) is 0. The van der Waals surface area contributed by atoms with Crippen LogP contribution in [0, 0.1) is 0 Å². The second-order valence-corrected chi connectivity index (χ2v) is 18.8. The molecule has 0 heterocycles. The highest BCUT2D eigenvalue weighted by Gasteiger charge is 2.25. The molecule has 0 fully saturated rings. The Kier molecular flexibility index (Phi) is 43.7. The van der Waals surface area contributed by atoms with Gasteiger partial charge in [-0.2, -0.15) is 0 Å². The SMILES string of the molecule is CCCCCCC/C=C\C/C=C\CCCCCCCCCCCCCCCCCCCC(=O)OC(COC(=O)CCCCCCCCCC)COC(OCC[N+](C)(C)C)C(=O)O. The van der Waals surface area contributed by atoms with Gasteiger partial charge in [0.2, 0.25) is 0 Å². The van der Waals surface area contributed by atoms with Crippen LogP contribution in [0.3, 0.4) is 0 Å². The summed E-state index contributed by atoms with van der Waals surface area (Å²) >= 11 is 0. The van der Waals surface area contributed by atoms with Gasteiger partial charge in [-0.15, -0.1) is 0 Å². The molecular formula is C53H100NO8+. The number of aliphatic carboxylic acids is 1. The Hall–Kier alpha value is -2.23. The minimum atomic E-state index is -1.50. The first-order valence-electron chi connectivity index (χ1n) is 26.0. The number of carbonyl (C=O) groups is 3. The number of hydrogen-bond acceptors (Lipinski definition) is 7. The van der Waals surface area contributed by atoms with Crippen LogP contribution in [0.1, 0.15) is 239 Å². The van der Waals surface area contributed by atoms with Gasteiger partial charge in [-0.3, -0.25) is 9.59 Å². The van der Waals surface area contributed by atoms with Crippen molar-refractivity contribution in [2.75, 3.05) is 47.5 Å². The van der Waals surface area contributed by atoms with E-state index in [-0.39, 0.29) is 32.2 Å². The molecule has 0 spiro atoms. The number of quaternary nitrogens is 1. The van der Waals surface area contributed by atoms with Crippen LogP contribution in [0.4, 0.5) is 0 Å². The van der Waals surface area contributed by atoms with E-state index in [0.717, 1.165) is 44.9 Å². The fraction of sp³-hybridized carbons (Fsp3) is 0.868. The number of unbranched alkanes of at least 4 members (excludes halogenated alkanes) is 29. The second kappa shape index (κ2) is 45.3. The maximum Gasteiger partial charge on any atom is 0.361 e. The molecule has 0 saturated heterocycles. The average molecular weight is 879 g/mol. The van der Waals surface area contributed by atoms with Gasteiger partial charge in [0, 0.05) is 12.8 Å². The predicted octanol–water partition coefficient (Wildman–Crippen LogP) is 14.4. The summed E-state index contributed by atoms with van der Waals surface area (Å²) < 4.78 is 22.7. The number of carboxylic acids is 1. The van der Waals surface area contributed by atoms with E-state index in [4.69, 9.17) is 18.9 Å². The zero-order valence-electron chi connectivity index (χ0n) is 41.3. The molecule has 0 aromatic carbocycles. The van der Waals surface area contributed by atoms with E-state index in [1.165, 1.54) is 167 Å². The van der Waals surface area contributed by atoms with E-state index in [0.29, 0.717) is 17.4 Å². The number of carbonyl (C=O) groups excluding carboxylic acids is 2. The topological polar surface area (TPSA) is 108 Å². The van der Waals surface area contributed by atoms with E-state index >= 15 is 0 Å². The Morgan fingerprint density at radius 2 is 0.871 bits per heavy atom. The average Bonchev–Trinajstić information content (AvgIpc) is 3.23. The number of likely N-dealkylation sites (N-methyl/N-ethyl adjacent to an activating group) is 1. The van der Waals surface area contributed by atoms with Crippen molar-refractivity contribution in [2.24, 2.45) is 0 Å². The molecule has 2 atom stereocenters. The quantitative estimate of drug-likeness (QED) is 0.0212. The highest BCUT2D eigenvalue weighted by Crippen LogP contribution is 2.16. The van der Waals surface area contributed by atoms with Gasteiger partial charge in [0.25, 0.3) is 6.29 Å². The molecule has 1 N–H and O–H groups in total. The Morgan fingerprint density at radius 1 is 0.484 bits per heavy atom. The maximum absolute atomic E-state index is 12.8. The zero-order valence-corrected chi connectivity index (χ0v) is 41.3. The van der Waals surface area contributed by atoms with Crippen molar-refractivity contribution in [1.82, 2.24) is 0 Å². The lowest BCUT2D eigenvalue weighted by Gasteiger charge is -2.25. The molecule has 0 saturated carbocycles. The molecule has 0 radical (unpaired) electrons.